The van der Waals surface area contributed by atoms with E-state index in [-0.39, 0.29) is 5.41 Å². The van der Waals surface area contributed by atoms with Crippen LogP contribution in [0.25, 0.3) is 0 Å². The van der Waals surface area contributed by atoms with Crippen LogP contribution < -0.4 is 0 Å². The van der Waals surface area contributed by atoms with Gasteiger partial charge in [0, 0.05) is 12.3 Å². The molecule has 2 aliphatic rings. The second-order valence-electron chi connectivity index (χ2n) is 5.89. The van der Waals surface area contributed by atoms with Crippen molar-refractivity contribution in [3.63, 3.8) is 0 Å². The first-order chi connectivity index (χ1) is 5.89. The maximum absolute atomic E-state index is 11.8. The molecule has 2 aliphatic carbocycles. The Hall–Kier alpha value is -0.330. The fourth-order valence-corrected chi connectivity index (χ4v) is 3.51. The second-order valence-corrected chi connectivity index (χ2v) is 5.89. The van der Waals surface area contributed by atoms with E-state index in [1.807, 2.05) is 0 Å². The molecule has 0 spiro atoms. The Balaban J connectivity index is 2.30. The van der Waals surface area contributed by atoms with Gasteiger partial charge in [-0.25, -0.2) is 0 Å². The van der Waals surface area contributed by atoms with E-state index in [1.165, 1.54) is 6.42 Å². The molecule has 0 unspecified atom stereocenters. The summed E-state index contributed by atoms with van der Waals surface area (Å²) in [6, 6.07) is 0. The lowest BCUT2D eigenvalue weighted by Crippen LogP contribution is -2.63. The minimum atomic E-state index is 0.231. The van der Waals surface area contributed by atoms with Crippen molar-refractivity contribution in [1.29, 1.82) is 0 Å². The van der Waals surface area contributed by atoms with Crippen LogP contribution in [0.2, 0.25) is 0 Å². The minimum Gasteiger partial charge on any atom is -0.299 e. The topological polar surface area (TPSA) is 17.1 Å². The summed E-state index contributed by atoms with van der Waals surface area (Å²) >= 11 is 0. The molecule has 0 radical (unpaired) electrons. The van der Waals surface area contributed by atoms with Crippen LogP contribution in [0, 0.1) is 22.7 Å². The molecule has 0 bridgehead atoms. The molecule has 2 saturated carbocycles. The summed E-state index contributed by atoms with van der Waals surface area (Å²) in [7, 11) is 0. The summed E-state index contributed by atoms with van der Waals surface area (Å²) in [5.41, 5.74) is 0.600. The highest BCUT2D eigenvalue weighted by molar-refractivity contribution is 5.84. The van der Waals surface area contributed by atoms with E-state index in [9.17, 15) is 4.79 Å². The molecule has 0 amide bonds. The highest BCUT2D eigenvalue weighted by Crippen LogP contribution is 2.67. The third-order valence-electron chi connectivity index (χ3n) is 5.05. The Morgan fingerprint density at radius 1 is 1.15 bits per heavy atom. The molecule has 2 fully saturated rings. The summed E-state index contributed by atoms with van der Waals surface area (Å²) in [6.07, 6.45) is 3.23. The van der Waals surface area contributed by atoms with Crippen LogP contribution in [-0.2, 0) is 4.79 Å². The Bertz CT molecular complexity index is 250. The molecule has 0 heterocycles. The van der Waals surface area contributed by atoms with Crippen LogP contribution in [-0.4, -0.2) is 5.78 Å². The van der Waals surface area contributed by atoms with Crippen LogP contribution in [0.1, 0.15) is 47.0 Å². The van der Waals surface area contributed by atoms with Crippen molar-refractivity contribution < 1.29 is 4.79 Å². The molecule has 13 heavy (non-hydrogen) atoms. The van der Waals surface area contributed by atoms with Gasteiger partial charge in [0.15, 0.2) is 0 Å². The van der Waals surface area contributed by atoms with Gasteiger partial charge in [-0.1, -0.05) is 27.7 Å². The Kier molecular flexibility index (Phi) is 1.68. The molecule has 0 N–H and O–H groups in total. The van der Waals surface area contributed by atoms with Gasteiger partial charge < -0.3 is 0 Å². The lowest BCUT2D eigenvalue weighted by atomic mass is 9.37. The number of fused-ring (bicyclic) bond motifs is 1. The molecule has 0 aliphatic heterocycles. The van der Waals surface area contributed by atoms with Gasteiger partial charge in [-0.3, -0.25) is 4.79 Å². The first-order valence-corrected chi connectivity index (χ1v) is 5.42. The molecule has 1 nitrogen and oxygen atoms in total. The average Bonchev–Trinajstić information content (AvgIpc) is 2.03. The van der Waals surface area contributed by atoms with Crippen LogP contribution in [0.3, 0.4) is 0 Å². The predicted molar refractivity (Wildman–Crippen MR) is 53.4 cm³/mol. The van der Waals surface area contributed by atoms with E-state index in [0.717, 1.165) is 12.8 Å². The van der Waals surface area contributed by atoms with Crippen molar-refractivity contribution in [2.75, 3.05) is 0 Å². The van der Waals surface area contributed by atoms with Crippen molar-refractivity contribution >= 4 is 5.78 Å². The van der Waals surface area contributed by atoms with Gasteiger partial charge in [-0.2, -0.15) is 0 Å². The van der Waals surface area contributed by atoms with Crippen LogP contribution in [0.5, 0.6) is 0 Å². The van der Waals surface area contributed by atoms with E-state index in [1.54, 1.807) is 0 Å². The monoisotopic (exact) mass is 180 g/mol. The molecule has 0 aromatic rings. The molecule has 2 rings (SSSR count). The number of hydrogen-bond donors (Lipinski definition) is 0. The third kappa shape index (κ3) is 0.908. The van der Waals surface area contributed by atoms with Gasteiger partial charge in [-0.15, -0.1) is 0 Å². The molecule has 0 aromatic heterocycles. The largest absolute Gasteiger partial charge is 0.299 e. The maximum Gasteiger partial charge on any atom is 0.136 e. The van der Waals surface area contributed by atoms with Crippen LogP contribution in [0.4, 0.5) is 0 Å². The number of Topliss-reactive ketones (excluding diaryl/α,β-unsaturated/α-hetero) is 1. The molecule has 2 atom stereocenters. The number of carbonyl (C=O) groups is 1. The number of carbonyl (C=O) groups excluding carboxylic acids is 1. The first-order valence-electron chi connectivity index (χ1n) is 5.42. The minimum absolute atomic E-state index is 0.231. The smallest absolute Gasteiger partial charge is 0.136 e. The van der Waals surface area contributed by atoms with E-state index in [2.05, 4.69) is 27.7 Å². The molecular weight excluding hydrogens is 160 g/mol. The zero-order valence-corrected chi connectivity index (χ0v) is 9.18. The fraction of sp³-hybridized carbons (Fsp3) is 0.917. The summed E-state index contributed by atoms with van der Waals surface area (Å²) in [5.74, 6) is 1.57. The van der Waals surface area contributed by atoms with Crippen molar-refractivity contribution in [2.24, 2.45) is 22.7 Å². The van der Waals surface area contributed by atoms with Gasteiger partial charge in [0.1, 0.15) is 5.78 Å². The maximum atomic E-state index is 11.8. The quantitative estimate of drug-likeness (QED) is 0.560. The second kappa shape index (κ2) is 2.37. The summed E-state index contributed by atoms with van der Waals surface area (Å²) < 4.78 is 0. The Morgan fingerprint density at radius 3 is 2.31 bits per heavy atom. The van der Waals surface area contributed by atoms with E-state index >= 15 is 0 Å². The standard InChI is InChI=1S/C12H20O/c1-11(2)8-6-5-7-9(13)10(8)12(11,3)4/h8,10H,5-7H2,1-4H3/t8-,10+/m0/s1. The van der Waals surface area contributed by atoms with Gasteiger partial charge in [-0.05, 0) is 29.6 Å². The van der Waals surface area contributed by atoms with E-state index < -0.39 is 0 Å². The zero-order chi connectivity index (χ0) is 9.85. The van der Waals surface area contributed by atoms with E-state index in [4.69, 9.17) is 0 Å². The van der Waals surface area contributed by atoms with Crippen molar-refractivity contribution in [1.82, 2.24) is 0 Å². The Morgan fingerprint density at radius 2 is 1.77 bits per heavy atom. The van der Waals surface area contributed by atoms with Crippen LogP contribution >= 0.6 is 0 Å². The lowest BCUT2D eigenvalue weighted by Gasteiger charge is -2.66. The van der Waals surface area contributed by atoms with Gasteiger partial charge in [0.25, 0.3) is 0 Å². The number of rotatable bonds is 0. The fourth-order valence-electron chi connectivity index (χ4n) is 3.51. The van der Waals surface area contributed by atoms with Gasteiger partial charge >= 0.3 is 0 Å². The number of hydrogen-bond acceptors (Lipinski definition) is 1. The summed E-state index contributed by atoms with van der Waals surface area (Å²) in [4.78, 5) is 11.8. The molecule has 1 heteroatoms. The molecular formula is C12H20O. The molecule has 0 aromatic carbocycles. The number of ketones is 1. The molecule has 0 saturated heterocycles. The summed E-state index contributed by atoms with van der Waals surface area (Å²) in [6.45, 7) is 9.17. The predicted octanol–water partition coefficient (Wildman–Crippen LogP) is 3.04. The zero-order valence-electron chi connectivity index (χ0n) is 9.18. The first kappa shape index (κ1) is 9.23. The summed E-state index contributed by atoms with van der Waals surface area (Å²) in [5, 5.41) is 0. The average molecular weight is 180 g/mol. The lowest BCUT2D eigenvalue weighted by molar-refractivity contribution is -0.190. The SMILES string of the molecule is CC1(C)[C@H]2CCCC(=O)[C@@H]2C1(C)C. The Labute approximate surface area is 80.9 Å². The normalized spacial score (nSPS) is 40.8. The highest BCUT2D eigenvalue weighted by Gasteiger charge is 2.64. The third-order valence-corrected chi connectivity index (χ3v) is 5.05. The van der Waals surface area contributed by atoms with Crippen molar-refractivity contribution in [3.8, 4) is 0 Å². The van der Waals surface area contributed by atoms with Crippen LogP contribution in [0.15, 0.2) is 0 Å². The molecule has 74 valence electrons. The highest BCUT2D eigenvalue weighted by atomic mass is 16.1. The van der Waals surface area contributed by atoms with Gasteiger partial charge in [0.05, 0.1) is 0 Å². The van der Waals surface area contributed by atoms with Gasteiger partial charge in [0.2, 0.25) is 0 Å². The van der Waals surface area contributed by atoms with Crippen molar-refractivity contribution in [3.05, 3.63) is 0 Å². The van der Waals surface area contributed by atoms with E-state index in [0.29, 0.717) is 23.0 Å². The van der Waals surface area contributed by atoms with Crippen molar-refractivity contribution in [2.45, 2.75) is 47.0 Å².